The van der Waals surface area contributed by atoms with Crippen LogP contribution >= 0.6 is 0 Å². The molecule has 5 heteroatoms. The van der Waals surface area contributed by atoms with E-state index in [0.29, 0.717) is 6.42 Å². The molecule has 0 unspecified atom stereocenters. The quantitative estimate of drug-likeness (QED) is 0.636. The molecule has 0 radical (unpaired) electrons. The molecular formula is C9H14N2O3. The summed E-state index contributed by atoms with van der Waals surface area (Å²) in [5.41, 5.74) is -0.942. The number of carbonyl (C=O) groups is 3. The van der Waals surface area contributed by atoms with Crippen molar-refractivity contribution >= 4 is 17.7 Å². The molecule has 3 amide bonds. The monoisotopic (exact) mass is 198 g/mol. The van der Waals surface area contributed by atoms with Gasteiger partial charge in [0.15, 0.2) is 0 Å². The number of rotatable bonds is 3. The minimum atomic E-state index is -0.942. The van der Waals surface area contributed by atoms with Gasteiger partial charge in [-0.3, -0.25) is 14.9 Å². The van der Waals surface area contributed by atoms with Crippen LogP contribution in [0.4, 0.5) is 4.79 Å². The second-order valence-corrected chi connectivity index (χ2v) is 3.96. The number of amides is 3. The topological polar surface area (TPSA) is 75.3 Å². The van der Waals surface area contributed by atoms with Crippen LogP contribution in [0.2, 0.25) is 0 Å². The van der Waals surface area contributed by atoms with Gasteiger partial charge < -0.3 is 5.32 Å². The van der Waals surface area contributed by atoms with Gasteiger partial charge >= 0.3 is 6.03 Å². The van der Waals surface area contributed by atoms with Gasteiger partial charge in [0.05, 0.1) is 0 Å². The Morgan fingerprint density at radius 1 is 1.50 bits per heavy atom. The molecule has 5 nitrogen and oxygen atoms in total. The van der Waals surface area contributed by atoms with Gasteiger partial charge in [-0.05, 0) is 20.3 Å². The maximum absolute atomic E-state index is 11.4. The zero-order chi connectivity index (χ0) is 10.9. The highest BCUT2D eigenvalue weighted by Gasteiger charge is 2.43. The minimum Gasteiger partial charge on any atom is -0.324 e. The molecule has 2 N–H and O–H groups in total. The van der Waals surface area contributed by atoms with Gasteiger partial charge in [-0.25, -0.2) is 4.79 Å². The Labute approximate surface area is 82.2 Å². The normalized spacial score (nSPS) is 28.2. The van der Waals surface area contributed by atoms with Gasteiger partial charge in [0, 0.05) is 5.92 Å². The van der Waals surface area contributed by atoms with Crippen molar-refractivity contribution in [3.05, 3.63) is 0 Å². The summed E-state index contributed by atoms with van der Waals surface area (Å²) in [6.45, 7) is 4.83. The molecule has 0 aromatic heterocycles. The number of ketones is 1. The molecule has 1 fully saturated rings. The maximum atomic E-state index is 11.4. The van der Waals surface area contributed by atoms with Gasteiger partial charge in [-0.15, -0.1) is 0 Å². The van der Waals surface area contributed by atoms with Crippen molar-refractivity contribution in [2.45, 2.75) is 32.7 Å². The summed E-state index contributed by atoms with van der Waals surface area (Å²) in [5, 5.41) is 4.67. The lowest BCUT2D eigenvalue weighted by Gasteiger charge is -2.22. The molecule has 0 aromatic rings. The molecule has 14 heavy (non-hydrogen) atoms. The summed E-state index contributed by atoms with van der Waals surface area (Å²) >= 11 is 0. The van der Waals surface area contributed by atoms with Gasteiger partial charge in [0.1, 0.15) is 11.3 Å². The van der Waals surface area contributed by atoms with Crippen LogP contribution in [-0.2, 0) is 9.59 Å². The van der Waals surface area contributed by atoms with Crippen molar-refractivity contribution < 1.29 is 14.4 Å². The average molecular weight is 198 g/mol. The van der Waals surface area contributed by atoms with E-state index in [9.17, 15) is 14.4 Å². The SMILES string of the molecule is CC(=O)[C@H](C)C[C@]1(C)NC(=O)NC1=O. The van der Waals surface area contributed by atoms with Crippen molar-refractivity contribution in [3.8, 4) is 0 Å². The van der Waals surface area contributed by atoms with Crippen molar-refractivity contribution in [2.75, 3.05) is 0 Å². The van der Waals surface area contributed by atoms with Crippen LogP contribution in [0.15, 0.2) is 0 Å². The Balaban J connectivity index is 2.72. The molecule has 1 heterocycles. The van der Waals surface area contributed by atoms with E-state index in [1.807, 2.05) is 0 Å². The van der Waals surface area contributed by atoms with E-state index in [0.717, 1.165) is 0 Å². The second-order valence-electron chi connectivity index (χ2n) is 3.96. The van der Waals surface area contributed by atoms with Crippen LogP contribution in [-0.4, -0.2) is 23.3 Å². The highest BCUT2D eigenvalue weighted by Crippen LogP contribution is 2.20. The van der Waals surface area contributed by atoms with E-state index in [2.05, 4.69) is 10.6 Å². The molecule has 0 spiro atoms. The van der Waals surface area contributed by atoms with Crippen molar-refractivity contribution in [1.29, 1.82) is 0 Å². The smallest absolute Gasteiger partial charge is 0.322 e. The van der Waals surface area contributed by atoms with Crippen LogP contribution in [0.5, 0.6) is 0 Å². The number of hydrogen-bond donors (Lipinski definition) is 2. The number of carbonyl (C=O) groups excluding carboxylic acids is 3. The highest BCUT2D eigenvalue weighted by molar-refractivity contribution is 6.06. The molecule has 0 aromatic carbocycles. The van der Waals surface area contributed by atoms with Crippen LogP contribution in [0.1, 0.15) is 27.2 Å². The largest absolute Gasteiger partial charge is 0.324 e. The predicted octanol–water partition coefficient (Wildman–Crippen LogP) is 0.200. The first-order valence-corrected chi connectivity index (χ1v) is 4.49. The summed E-state index contributed by atoms with van der Waals surface area (Å²) in [5.74, 6) is -0.583. The Bertz CT molecular complexity index is 300. The van der Waals surface area contributed by atoms with E-state index < -0.39 is 11.6 Å². The molecule has 0 saturated carbocycles. The Morgan fingerprint density at radius 2 is 2.07 bits per heavy atom. The minimum absolute atomic E-state index is 0.0140. The Hall–Kier alpha value is -1.39. The van der Waals surface area contributed by atoms with Crippen molar-refractivity contribution in [1.82, 2.24) is 10.6 Å². The lowest BCUT2D eigenvalue weighted by molar-refractivity contribution is -0.125. The highest BCUT2D eigenvalue weighted by atomic mass is 16.2. The lowest BCUT2D eigenvalue weighted by Crippen LogP contribution is -2.45. The second kappa shape index (κ2) is 3.40. The van der Waals surface area contributed by atoms with Gasteiger partial charge in [-0.1, -0.05) is 6.92 Å². The third-order valence-electron chi connectivity index (χ3n) is 2.53. The summed E-state index contributed by atoms with van der Waals surface area (Å²) in [4.78, 5) is 33.3. The van der Waals surface area contributed by atoms with E-state index in [1.54, 1.807) is 13.8 Å². The van der Waals surface area contributed by atoms with Crippen LogP contribution in [0.3, 0.4) is 0 Å². The molecule has 2 atom stereocenters. The molecule has 1 rings (SSSR count). The standard InChI is InChI=1S/C9H14N2O3/c1-5(6(2)12)4-9(3)7(13)10-8(14)11-9/h5H,4H2,1-3H3,(H2,10,11,13,14)/t5-,9+/m1/s1. The first kappa shape index (κ1) is 10.7. The Kier molecular flexibility index (Phi) is 2.59. The summed E-state index contributed by atoms with van der Waals surface area (Å²) in [6.07, 6.45) is 0.333. The fraction of sp³-hybridized carbons (Fsp3) is 0.667. The first-order valence-electron chi connectivity index (χ1n) is 4.49. The number of hydrogen-bond acceptors (Lipinski definition) is 3. The van der Waals surface area contributed by atoms with Crippen molar-refractivity contribution in [3.63, 3.8) is 0 Å². The van der Waals surface area contributed by atoms with E-state index in [-0.39, 0.29) is 17.6 Å². The lowest BCUT2D eigenvalue weighted by atomic mass is 9.88. The van der Waals surface area contributed by atoms with E-state index >= 15 is 0 Å². The van der Waals surface area contributed by atoms with Crippen molar-refractivity contribution in [2.24, 2.45) is 5.92 Å². The zero-order valence-corrected chi connectivity index (χ0v) is 8.51. The van der Waals surface area contributed by atoms with Crippen LogP contribution in [0, 0.1) is 5.92 Å². The van der Waals surface area contributed by atoms with Crippen LogP contribution < -0.4 is 10.6 Å². The van der Waals surface area contributed by atoms with Gasteiger partial charge in [-0.2, -0.15) is 0 Å². The predicted molar refractivity (Wildman–Crippen MR) is 49.5 cm³/mol. The third-order valence-corrected chi connectivity index (χ3v) is 2.53. The molecule has 1 saturated heterocycles. The summed E-state index contributed by atoms with van der Waals surface area (Å²) in [6, 6.07) is -0.492. The molecule has 78 valence electrons. The third kappa shape index (κ3) is 1.92. The number of nitrogens with one attached hydrogen (secondary N) is 2. The Morgan fingerprint density at radius 3 is 2.43 bits per heavy atom. The van der Waals surface area contributed by atoms with E-state index in [4.69, 9.17) is 0 Å². The molecule has 0 aliphatic carbocycles. The molecular weight excluding hydrogens is 184 g/mol. The average Bonchev–Trinajstić information content (AvgIpc) is 2.25. The molecule has 0 bridgehead atoms. The van der Waals surface area contributed by atoms with E-state index in [1.165, 1.54) is 6.92 Å². The number of urea groups is 1. The summed E-state index contributed by atoms with van der Waals surface area (Å²) in [7, 11) is 0. The number of Topliss-reactive ketones (excluding diaryl/α,β-unsaturated/α-hetero) is 1. The summed E-state index contributed by atoms with van der Waals surface area (Å²) < 4.78 is 0. The van der Waals surface area contributed by atoms with Crippen LogP contribution in [0.25, 0.3) is 0 Å². The van der Waals surface area contributed by atoms with Gasteiger partial charge in [0.2, 0.25) is 0 Å². The maximum Gasteiger partial charge on any atom is 0.322 e. The molecule has 1 aliphatic heterocycles. The molecule has 1 aliphatic rings. The number of imide groups is 1. The fourth-order valence-corrected chi connectivity index (χ4v) is 1.48. The zero-order valence-electron chi connectivity index (χ0n) is 8.51. The first-order chi connectivity index (χ1) is 6.35. The fourth-order valence-electron chi connectivity index (χ4n) is 1.48. The van der Waals surface area contributed by atoms with Gasteiger partial charge in [0.25, 0.3) is 5.91 Å².